The molecule has 0 atom stereocenters. The van der Waals surface area contributed by atoms with E-state index in [0.717, 1.165) is 18.5 Å². The molecule has 2 aliphatic rings. The van der Waals surface area contributed by atoms with Crippen LogP contribution in [0.3, 0.4) is 0 Å². The van der Waals surface area contributed by atoms with Crippen LogP contribution in [0.25, 0.3) is 0 Å². The van der Waals surface area contributed by atoms with Gasteiger partial charge in [-0.1, -0.05) is 12.1 Å². The fraction of sp³-hybridized carbons (Fsp3) is 0.556. The molecule has 1 N–H and O–H groups in total. The first kappa shape index (κ1) is 17.5. The van der Waals surface area contributed by atoms with Gasteiger partial charge in [-0.15, -0.1) is 0 Å². The lowest BCUT2D eigenvalue weighted by atomic mass is 10.1. The Hall–Kier alpha value is -2.28. The lowest BCUT2D eigenvalue weighted by Crippen LogP contribution is -2.48. The van der Waals surface area contributed by atoms with E-state index in [1.165, 1.54) is 0 Å². The molecule has 2 heterocycles. The van der Waals surface area contributed by atoms with Crippen molar-refractivity contribution >= 4 is 17.7 Å². The first-order chi connectivity index (χ1) is 11.8. The van der Waals surface area contributed by atoms with Gasteiger partial charge in [0, 0.05) is 13.1 Å². The number of nitrogens with one attached hydrogen (secondary N) is 1. The third-order valence-electron chi connectivity index (χ3n) is 4.17. The maximum atomic E-state index is 12.1. The average Bonchev–Trinajstić information content (AvgIpc) is 2.57. The van der Waals surface area contributed by atoms with Crippen LogP contribution < -0.4 is 10.4 Å². The number of hydrogen-bond donors (Lipinski definition) is 1. The Morgan fingerprint density at radius 2 is 1.88 bits per heavy atom. The molecule has 3 rings (SSSR count). The largest absolute Gasteiger partial charge is 0.444 e. The van der Waals surface area contributed by atoms with Crippen LogP contribution in [0.5, 0.6) is 0 Å². The van der Waals surface area contributed by atoms with Gasteiger partial charge in [-0.25, -0.2) is 9.86 Å². The number of nitrogens with zero attached hydrogens (tertiary/aromatic N) is 2. The molecule has 0 aliphatic carbocycles. The van der Waals surface area contributed by atoms with Crippen LogP contribution in [0.15, 0.2) is 24.3 Å². The Morgan fingerprint density at radius 1 is 1.20 bits per heavy atom. The Bertz CT molecular complexity index is 648. The minimum absolute atomic E-state index is 0.00162. The topological polar surface area (TPSA) is 71.1 Å². The number of para-hydroxylation sites is 1. The average molecular weight is 347 g/mol. The number of amides is 2. The van der Waals surface area contributed by atoms with Crippen molar-refractivity contribution in [2.45, 2.75) is 45.3 Å². The van der Waals surface area contributed by atoms with Crippen molar-refractivity contribution in [2.24, 2.45) is 0 Å². The third-order valence-corrected chi connectivity index (χ3v) is 4.17. The number of carbonyl (C=O) groups is 2. The van der Waals surface area contributed by atoms with Crippen LogP contribution in [-0.2, 0) is 9.57 Å². The highest BCUT2D eigenvalue weighted by molar-refractivity contribution is 6.01. The molecule has 0 unspecified atom stereocenters. The Balaban J connectivity index is 1.56. The van der Waals surface area contributed by atoms with E-state index in [9.17, 15) is 9.59 Å². The molecule has 2 amide bonds. The van der Waals surface area contributed by atoms with E-state index in [2.05, 4.69) is 5.32 Å². The Labute approximate surface area is 147 Å². The second kappa shape index (κ2) is 6.92. The Morgan fingerprint density at radius 3 is 2.56 bits per heavy atom. The first-order valence-corrected chi connectivity index (χ1v) is 8.63. The minimum Gasteiger partial charge on any atom is -0.444 e. The summed E-state index contributed by atoms with van der Waals surface area (Å²) in [6.07, 6.45) is 1.18. The van der Waals surface area contributed by atoms with Gasteiger partial charge in [0.05, 0.1) is 17.4 Å². The lowest BCUT2D eigenvalue weighted by molar-refractivity contribution is -0.0223. The number of benzene rings is 1. The third kappa shape index (κ3) is 4.22. The highest BCUT2D eigenvalue weighted by Gasteiger charge is 2.30. The number of hydroxylamine groups is 1. The second-order valence-electron chi connectivity index (χ2n) is 7.33. The zero-order valence-electron chi connectivity index (χ0n) is 14.9. The van der Waals surface area contributed by atoms with E-state index in [1.54, 1.807) is 16.0 Å². The first-order valence-electron chi connectivity index (χ1n) is 8.63. The molecule has 136 valence electrons. The summed E-state index contributed by atoms with van der Waals surface area (Å²) in [4.78, 5) is 31.8. The molecular weight excluding hydrogens is 322 g/mol. The molecule has 0 saturated carbocycles. The van der Waals surface area contributed by atoms with Gasteiger partial charge in [-0.3, -0.25) is 9.63 Å². The zero-order chi connectivity index (χ0) is 18.0. The molecule has 2 aliphatic heterocycles. The smallest absolute Gasteiger partial charge is 0.410 e. The molecule has 25 heavy (non-hydrogen) atoms. The fourth-order valence-electron chi connectivity index (χ4n) is 2.95. The quantitative estimate of drug-likeness (QED) is 0.890. The summed E-state index contributed by atoms with van der Waals surface area (Å²) in [7, 11) is 0. The molecule has 0 radical (unpaired) electrons. The van der Waals surface area contributed by atoms with Gasteiger partial charge < -0.3 is 15.0 Å². The van der Waals surface area contributed by atoms with E-state index in [4.69, 9.17) is 9.57 Å². The van der Waals surface area contributed by atoms with Gasteiger partial charge in [0.15, 0.2) is 0 Å². The van der Waals surface area contributed by atoms with Crippen molar-refractivity contribution < 1.29 is 19.2 Å². The van der Waals surface area contributed by atoms with Crippen LogP contribution >= 0.6 is 0 Å². The van der Waals surface area contributed by atoms with Crippen LogP contribution in [0.1, 0.15) is 44.0 Å². The van der Waals surface area contributed by atoms with Crippen LogP contribution in [0.2, 0.25) is 0 Å². The minimum atomic E-state index is -0.486. The van der Waals surface area contributed by atoms with Crippen molar-refractivity contribution in [3.63, 3.8) is 0 Å². The number of anilines is 1. The van der Waals surface area contributed by atoms with Crippen LogP contribution in [-0.4, -0.2) is 48.4 Å². The molecule has 7 nitrogen and oxygen atoms in total. The molecule has 1 saturated heterocycles. The lowest BCUT2D eigenvalue weighted by Gasteiger charge is -2.37. The summed E-state index contributed by atoms with van der Waals surface area (Å²) >= 11 is 0. The summed E-state index contributed by atoms with van der Waals surface area (Å²) in [5, 5.41) is 4.53. The Kier molecular flexibility index (Phi) is 4.85. The number of fused-ring (bicyclic) bond motifs is 1. The van der Waals surface area contributed by atoms with Gasteiger partial charge in [0.2, 0.25) is 0 Å². The van der Waals surface area contributed by atoms with Crippen molar-refractivity contribution in [3.05, 3.63) is 29.8 Å². The summed E-state index contributed by atoms with van der Waals surface area (Å²) in [6, 6.07) is 7.38. The van der Waals surface area contributed by atoms with Gasteiger partial charge in [0.25, 0.3) is 5.91 Å². The van der Waals surface area contributed by atoms with E-state index in [0.29, 0.717) is 25.3 Å². The number of hydrogen-bond acceptors (Lipinski definition) is 5. The van der Waals surface area contributed by atoms with Crippen molar-refractivity contribution in [3.8, 4) is 0 Å². The summed E-state index contributed by atoms with van der Waals surface area (Å²) in [5.41, 5.74) is 0.904. The number of likely N-dealkylation sites (tertiary alicyclic amines) is 1. The van der Waals surface area contributed by atoms with Gasteiger partial charge in [-0.05, 0) is 45.7 Å². The SMILES string of the molecule is CC(C)(C)OC(=O)N1CCC(ON2CNC(=O)c3ccccc32)CC1. The van der Waals surface area contributed by atoms with Gasteiger partial charge in [0.1, 0.15) is 12.3 Å². The summed E-state index contributed by atoms with van der Waals surface area (Å²) in [5.74, 6) is -0.0878. The van der Waals surface area contributed by atoms with E-state index >= 15 is 0 Å². The van der Waals surface area contributed by atoms with E-state index < -0.39 is 5.60 Å². The van der Waals surface area contributed by atoms with Gasteiger partial charge >= 0.3 is 6.09 Å². The number of carbonyl (C=O) groups excluding carboxylic acids is 2. The maximum absolute atomic E-state index is 12.1. The van der Waals surface area contributed by atoms with Crippen LogP contribution in [0.4, 0.5) is 10.5 Å². The standard InChI is InChI=1S/C18H25N3O4/c1-18(2,3)24-17(23)20-10-8-13(9-11-20)25-21-12-19-16(22)14-6-4-5-7-15(14)21/h4-7,13H,8-12H2,1-3H3,(H,19,22). The second-order valence-corrected chi connectivity index (χ2v) is 7.33. The predicted octanol–water partition coefficient (Wildman–Crippen LogP) is 2.53. The van der Waals surface area contributed by atoms with Gasteiger partial charge in [-0.2, -0.15) is 0 Å². The van der Waals surface area contributed by atoms with Crippen molar-refractivity contribution in [1.29, 1.82) is 0 Å². The maximum Gasteiger partial charge on any atom is 0.410 e. The number of ether oxygens (including phenoxy) is 1. The molecule has 0 spiro atoms. The molecule has 0 aromatic heterocycles. The highest BCUT2D eigenvalue weighted by Crippen LogP contribution is 2.26. The number of piperidine rings is 1. The van der Waals surface area contributed by atoms with E-state index in [1.807, 2.05) is 39.0 Å². The fourth-order valence-corrected chi connectivity index (χ4v) is 2.95. The molecule has 7 heteroatoms. The summed E-state index contributed by atoms with van der Waals surface area (Å²) in [6.45, 7) is 7.11. The molecule has 0 bridgehead atoms. The summed E-state index contributed by atoms with van der Waals surface area (Å²) < 4.78 is 5.41. The number of rotatable bonds is 2. The van der Waals surface area contributed by atoms with Crippen molar-refractivity contribution in [1.82, 2.24) is 10.2 Å². The predicted molar refractivity (Wildman–Crippen MR) is 93.2 cm³/mol. The van der Waals surface area contributed by atoms with E-state index in [-0.39, 0.29) is 18.1 Å². The molecule has 1 aromatic carbocycles. The van der Waals surface area contributed by atoms with Crippen molar-refractivity contribution in [2.75, 3.05) is 24.8 Å². The molecule has 1 aromatic rings. The van der Waals surface area contributed by atoms with Crippen LogP contribution in [0, 0.1) is 0 Å². The monoisotopic (exact) mass is 347 g/mol. The molecular formula is C18H25N3O4. The highest BCUT2D eigenvalue weighted by atomic mass is 16.7. The normalized spacial score (nSPS) is 18.6. The zero-order valence-corrected chi connectivity index (χ0v) is 14.9. The molecule has 1 fully saturated rings.